The minimum absolute atomic E-state index is 0.575. The Morgan fingerprint density at radius 2 is 1.50 bits per heavy atom. The second-order valence-corrected chi connectivity index (χ2v) is 6.80. The molecule has 0 bridgehead atoms. The van der Waals surface area contributed by atoms with Crippen molar-refractivity contribution in [2.45, 2.75) is 67.5 Å². The number of allylic oxidation sites excluding steroid dienone is 2. The summed E-state index contributed by atoms with van der Waals surface area (Å²) in [6, 6.07) is 1.19. The summed E-state index contributed by atoms with van der Waals surface area (Å²) in [4.78, 5) is 2.67. The molecule has 106 valence electrons. The molecule has 1 unspecified atom stereocenters. The normalized spacial score (nSPS) is 21.6. The predicted molar refractivity (Wildman–Crippen MR) is 80.3 cm³/mol. The van der Waals surface area contributed by atoms with Gasteiger partial charge in [0.2, 0.25) is 0 Å². The first-order valence-electron chi connectivity index (χ1n) is 7.53. The van der Waals surface area contributed by atoms with Crippen LogP contribution in [0.4, 0.5) is 0 Å². The summed E-state index contributed by atoms with van der Waals surface area (Å²) in [7, 11) is 0. The Morgan fingerprint density at radius 1 is 0.944 bits per heavy atom. The van der Waals surface area contributed by atoms with E-state index >= 15 is 0 Å². The highest BCUT2D eigenvalue weighted by molar-refractivity contribution is 5.21. The van der Waals surface area contributed by atoms with Gasteiger partial charge in [-0.15, -0.1) is 0 Å². The molecule has 0 saturated heterocycles. The molecule has 0 aliphatic carbocycles. The third kappa shape index (κ3) is 3.02. The van der Waals surface area contributed by atoms with Crippen molar-refractivity contribution in [3.8, 4) is 0 Å². The Balaban J connectivity index is 3.23. The third-order valence-electron chi connectivity index (χ3n) is 3.86. The molecule has 1 rings (SSSR count). The molecular formula is C16H32N2. The zero-order valence-corrected chi connectivity index (χ0v) is 13.5. The largest absolute Gasteiger partial charge is 0.385 e. The number of hydrogen-bond donors (Lipinski definition) is 1. The van der Waals surface area contributed by atoms with Gasteiger partial charge in [0.1, 0.15) is 0 Å². The smallest absolute Gasteiger partial charge is 0.0485 e. The molecule has 0 aromatic rings. The molecule has 2 nitrogen and oxygen atoms in total. The quantitative estimate of drug-likeness (QED) is 0.817. The summed E-state index contributed by atoms with van der Waals surface area (Å²) in [5.74, 6) is 1.85. The van der Waals surface area contributed by atoms with Crippen molar-refractivity contribution in [1.82, 2.24) is 10.2 Å². The Bertz CT molecular complexity index is 300. The lowest BCUT2D eigenvalue weighted by atomic mass is 9.90. The molecule has 0 spiro atoms. The van der Waals surface area contributed by atoms with E-state index < -0.39 is 0 Å². The lowest BCUT2D eigenvalue weighted by Gasteiger charge is -2.48. The molecule has 0 saturated carbocycles. The second kappa shape index (κ2) is 5.99. The first-order valence-corrected chi connectivity index (χ1v) is 7.53. The topological polar surface area (TPSA) is 15.3 Å². The van der Waals surface area contributed by atoms with E-state index in [0.717, 1.165) is 6.54 Å². The maximum Gasteiger partial charge on any atom is 0.0485 e. The van der Waals surface area contributed by atoms with Crippen LogP contribution >= 0.6 is 0 Å². The van der Waals surface area contributed by atoms with Crippen molar-refractivity contribution in [2.24, 2.45) is 17.8 Å². The van der Waals surface area contributed by atoms with Crippen LogP contribution in [0.2, 0.25) is 0 Å². The van der Waals surface area contributed by atoms with E-state index in [9.17, 15) is 0 Å². The number of nitrogens with zero attached hydrogens (tertiary/aromatic N) is 1. The minimum atomic E-state index is 0.575. The lowest BCUT2D eigenvalue weighted by Crippen LogP contribution is -2.54. The van der Waals surface area contributed by atoms with Gasteiger partial charge in [0.05, 0.1) is 0 Å². The monoisotopic (exact) mass is 252 g/mol. The van der Waals surface area contributed by atoms with Gasteiger partial charge in [-0.1, -0.05) is 41.5 Å². The van der Waals surface area contributed by atoms with Gasteiger partial charge in [-0.25, -0.2) is 0 Å². The highest BCUT2D eigenvalue weighted by Gasteiger charge is 2.33. The molecule has 0 radical (unpaired) electrons. The van der Waals surface area contributed by atoms with Crippen LogP contribution < -0.4 is 5.32 Å². The van der Waals surface area contributed by atoms with Gasteiger partial charge in [-0.3, -0.25) is 0 Å². The van der Waals surface area contributed by atoms with Crippen LogP contribution in [-0.4, -0.2) is 23.5 Å². The highest BCUT2D eigenvalue weighted by atomic mass is 15.3. The van der Waals surface area contributed by atoms with Crippen molar-refractivity contribution in [3.05, 3.63) is 11.4 Å². The molecule has 1 N–H and O–H groups in total. The van der Waals surface area contributed by atoms with E-state index in [1.165, 1.54) is 11.4 Å². The number of rotatable bonds is 4. The van der Waals surface area contributed by atoms with Crippen LogP contribution in [0.3, 0.4) is 0 Å². The van der Waals surface area contributed by atoms with Gasteiger partial charge in [0, 0.05) is 30.0 Å². The Labute approximate surface area is 114 Å². The molecule has 0 fully saturated rings. The second-order valence-electron chi connectivity index (χ2n) is 6.80. The fourth-order valence-electron chi connectivity index (χ4n) is 3.05. The fraction of sp³-hybridized carbons (Fsp3) is 0.875. The summed E-state index contributed by atoms with van der Waals surface area (Å²) in [5.41, 5.74) is 2.99. The molecule has 1 atom stereocenters. The zero-order valence-electron chi connectivity index (χ0n) is 13.5. The van der Waals surface area contributed by atoms with Crippen LogP contribution in [0.1, 0.15) is 55.4 Å². The third-order valence-corrected chi connectivity index (χ3v) is 3.86. The lowest BCUT2D eigenvalue weighted by molar-refractivity contribution is 0.126. The SMILES string of the molecule is CC(C)C1=C(C(C)C)N(C(C)C)C(C(C)C)CN1. The van der Waals surface area contributed by atoms with E-state index in [0.29, 0.717) is 29.8 Å². The van der Waals surface area contributed by atoms with Crippen LogP contribution in [0.15, 0.2) is 11.4 Å². The van der Waals surface area contributed by atoms with Crippen molar-refractivity contribution in [2.75, 3.05) is 6.54 Å². The maximum absolute atomic E-state index is 3.70. The van der Waals surface area contributed by atoms with E-state index in [1.54, 1.807) is 0 Å². The summed E-state index contributed by atoms with van der Waals surface area (Å²) < 4.78 is 0. The molecule has 0 aromatic heterocycles. The average Bonchev–Trinajstić information content (AvgIpc) is 2.26. The summed E-state index contributed by atoms with van der Waals surface area (Å²) in [5, 5.41) is 3.70. The first kappa shape index (κ1) is 15.4. The van der Waals surface area contributed by atoms with Crippen LogP contribution in [0, 0.1) is 17.8 Å². The predicted octanol–water partition coefficient (Wildman–Crippen LogP) is 3.85. The van der Waals surface area contributed by atoms with Gasteiger partial charge in [0.15, 0.2) is 0 Å². The number of nitrogens with one attached hydrogen (secondary N) is 1. The Hall–Kier alpha value is -0.660. The summed E-state index contributed by atoms with van der Waals surface area (Å²) >= 11 is 0. The van der Waals surface area contributed by atoms with E-state index in [4.69, 9.17) is 0 Å². The molecule has 1 heterocycles. The minimum Gasteiger partial charge on any atom is -0.385 e. The average molecular weight is 252 g/mol. The standard InChI is InChI=1S/C16H32N2/c1-10(2)14-9-17-15(11(3)4)16(12(5)6)18(14)13(7)8/h10-14,17H,9H2,1-8H3. The van der Waals surface area contributed by atoms with Gasteiger partial charge < -0.3 is 10.2 Å². The molecule has 0 aromatic carbocycles. The van der Waals surface area contributed by atoms with Gasteiger partial charge in [-0.05, 0) is 31.6 Å². The van der Waals surface area contributed by atoms with Gasteiger partial charge >= 0.3 is 0 Å². The first-order chi connectivity index (χ1) is 8.27. The summed E-state index contributed by atoms with van der Waals surface area (Å²) in [6.07, 6.45) is 0. The highest BCUT2D eigenvalue weighted by Crippen LogP contribution is 2.32. The molecule has 0 amide bonds. The van der Waals surface area contributed by atoms with Gasteiger partial charge in [0.25, 0.3) is 0 Å². The molecule has 1 aliphatic heterocycles. The fourth-order valence-corrected chi connectivity index (χ4v) is 3.05. The zero-order chi connectivity index (χ0) is 14.0. The van der Waals surface area contributed by atoms with Crippen molar-refractivity contribution in [1.29, 1.82) is 0 Å². The summed E-state index contributed by atoms with van der Waals surface area (Å²) in [6.45, 7) is 19.6. The molecular weight excluding hydrogens is 220 g/mol. The molecule has 2 heteroatoms. The van der Waals surface area contributed by atoms with Crippen molar-refractivity contribution < 1.29 is 0 Å². The van der Waals surface area contributed by atoms with Crippen LogP contribution in [0.5, 0.6) is 0 Å². The molecule has 18 heavy (non-hydrogen) atoms. The Kier molecular flexibility index (Phi) is 5.12. The van der Waals surface area contributed by atoms with E-state index in [2.05, 4.69) is 65.6 Å². The number of hydrogen-bond acceptors (Lipinski definition) is 2. The molecule has 1 aliphatic rings. The van der Waals surface area contributed by atoms with Crippen LogP contribution in [-0.2, 0) is 0 Å². The van der Waals surface area contributed by atoms with Crippen molar-refractivity contribution >= 4 is 0 Å². The van der Waals surface area contributed by atoms with E-state index in [1.807, 2.05) is 0 Å². The maximum atomic E-state index is 3.70. The Morgan fingerprint density at radius 3 is 1.83 bits per heavy atom. The van der Waals surface area contributed by atoms with Gasteiger partial charge in [-0.2, -0.15) is 0 Å². The van der Waals surface area contributed by atoms with Crippen LogP contribution in [0.25, 0.3) is 0 Å². The van der Waals surface area contributed by atoms with Crippen molar-refractivity contribution in [3.63, 3.8) is 0 Å². The van der Waals surface area contributed by atoms with E-state index in [-0.39, 0.29) is 0 Å².